The van der Waals surface area contributed by atoms with Gasteiger partial charge in [0.2, 0.25) is 0 Å². The third-order valence-electron chi connectivity index (χ3n) is 1.37. The molecule has 0 aromatic carbocycles. The monoisotopic (exact) mass is 230 g/mol. The molecule has 0 aromatic rings. The molecule has 0 nitrogen and oxygen atoms in total. The van der Waals surface area contributed by atoms with E-state index in [1.165, 1.54) is 19.3 Å². The quantitative estimate of drug-likeness (QED) is 0.648. The van der Waals surface area contributed by atoms with Gasteiger partial charge in [0.25, 0.3) is 0 Å². The van der Waals surface area contributed by atoms with Crippen LogP contribution in [0.3, 0.4) is 0 Å². The summed E-state index contributed by atoms with van der Waals surface area (Å²) in [6, 6.07) is 0. The molecule has 0 saturated carbocycles. The van der Waals surface area contributed by atoms with Crippen LogP contribution >= 0.6 is 0 Å². The van der Waals surface area contributed by atoms with E-state index in [1.54, 1.807) is 0 Å². The Morgan fingerprint density at radius 3 is 2.50 bits per heavy atom. The van der Waals surface area contributed by atoms with Crippen LogP contribution < -0.4 is 0 Å². The van der Waals surface area contributed by atoms with Crippen molar-refractivity contribution in [1.29, 1.82) is 0 Å². The fourth-order valence-corrected chi connectivity index (χ4v) is 1.76. The van der Waals surface area contributed by atoms with Gasteiger partial charge in [0, 0.05) is 0 Å². The molecule has 0 saturated heterocycles. The van der Waals surface area contributed by atoms with Crippen LogP contribution in [0.5, 0.6) is 0 Å². The predicted octanol–water partition coefficient (Wildman–Crippen LogP) is 2.74. The van der Waals surface area contributed by atoms with Crippen molar-refractivity contribution in [3.63, 3.8) is 0 Å². The van der Waals surface area contributed by atoms with Crippen LogP contribution in [0.15, 0.2) is 0 Å². The molecule has 0 bridgehead atoms. The second kappa shape index (κ2) is 5.92. The van der Waals surface area contributed by atoms with E-state index in [2.05, 4.69) is 18.8 Å². The molecule has 0 aliphatic carbocycles. The summed E-state index contributed by atoms with van der Waals surface area (Å²) >= 11 is 0.384. The van der Waals surface area contributed by atoms with E-state index >= 15 is 0 Å². The molecule has 0 fully saturated rings. The van der Waals surface area contributed by atoms with Gasteiger partial charge in [-0.05, 0) is 0 Å². The van der Waals surface area contributed by atoms with Crippen molar-refractivity contribution in [3.8, 4) is 0 Å². The van der Waals surface area contributed by atoms with Crippen molar-refractivity contribution in [2.75, 3.05) is 0 Å². The Balaban J connectivity index is 2.86. The zero-order valence-electron chi connectivity index (χ0n) is 6.11. The summed E-state index contributed by atoms with van der Waals surface area (Å²) in [4.78, 5) is 2.39. The van der Waals surface area contributed by atoms with Gasteiger partial charge >= 0.3 is 63.0 Å². The molecule has 8 heavy (non-hydrogen) atoms. The summed E-state index contributed by atoms with van der Waals surface area (Å²) in [5.41, 5.74) is 0. The van der Waals surface area contributed by atoms with Gasteiger partial charge in [-0.2, -0.15) is 0 Å². The summed E-state index contributed by atoms with van der Waals surface area (Å²) < 4.78 is 1.08. The molecule has 1 heteroatoms. The summed E-state index contributed by atoms with van der Waals surface area (Å²) in [6.07, 6.45) is 4.30. The zero-order chi connectivity index (χ0) is 6.41. The molecular weight excluding hydrogens is 212 g/mol. The van der Waals surface area contributed by atoms with Gasteiger partial charge in [-0.3, -0.25) is 0 Å². The number of rotatable bonds is 4. The topological polar surface area (TPSA) is 0 Å². The van der Waals surface area contributed by atoms with Gasteiger partial charge in [0.05, 0.1) is 0 Å². The Kier molecular flexibility index (Phi) is 6.50. The Hall–Kier alpha value is 0.790. The molecule has 0 spiro atoms. The number of hydrogen-bond acceptors (Lipinski definition) is 0. The number of hydrogen-bond donors (Lipinski definition) is 0. The molecule has 1 unspecified atom stereocenters. The predicted molar refractivity (Wildman–Crippen MR) is 40.6 cm³/mol. The van der Waals surface area contributed by atoms with E-state index in [1.807, 2.05) is 0 Å². The van der Waals surface area contributed by atoms with Crippen molar-refractivity contribution >= 4 is 20.9 Å². The van der Waals surface area contributed by atoms with Crippen LogP contribution in [0.2, 0.25) is 8.94 Å². The first-order valence-corrected chi connectivity index (χ1v) is 7.01. The van der Waals surface area contributed by atoms with Crippen molar-refractivity contribution in [3.05, 3.63) is 0 Å². The van der Waals surface area contributed by atoms with Crippen LogP contribution in [-0.2, 0) is 0 Å². The summed E-state index contributed by atoms with van der Waals surface area (Å²) in [5.74, 6) is 0. The van der Waals surface area contributed by atoms with Crippen molar-refractivity contribution in [1.82, 2.24) is 0 Å². The third kappa shape index (κ3) is 4.94. The van der Waals surface area contributed by atoms with Gasteiger partial charge in [-0.1, -0.05) is 0 Å². The second-order valence-corrected chi connectivity index (χ2v) is 5.83. The molecular formula is C7H16Te. The van der Waals surface area contributed by atoms with E-state index < -0.39 is 0 Å². The van der Waals surface area contributed by atoms with E-state index in [-0.39, 0.29) is 0 Å². The molecule has 0 heterocycles. The number of unbranched alkanes of at least 4 members (excludes halogenated alkanes) is 1. The maximum absolute atomic E-state index is 2.39. The first kappa shape index (κ1) is 8.79. The minimum absolute atomic E-state index is 0.384. The summed E-state index contributed by atoms with van der Waals surface area (Å²) in [7, 11) is 0. The van der Waals surface area contributed by atoms with Crippen LogP contribution in [-0.4, -0.2) is 20.9 Å². The minimum atomic E-state index is 0.384. The van der Waals surface area contributed by atoms with Gasteiger partial charge in [-0.25, -0.2) is 0 Å². The van der Waals surface area contributed by atoms with Gasteiger partial charge in [0.15, 0.2) is 0 Å². The average molecular weight is 228 g/mol. The van der Waals surface area contributed by atoms with Crippen LogP contribution in [0.1, 0.15) is 33.1 Å². The molecule has 0 N–H and O–H groups in total. The molecule has 50 valence electrons. The summed E-state index contributed by atoms with van der Waals surface area (Å²) in [5, 5.41) is 0. The Labute approximate surface area is 63.1 Å². The van der Waals surface area contributed by atoms with Crippen molar-refractivity contribution < 1.29 is 0 Å². The van der Waals surface area contributed by atoms with Crippen LogP contribution in [0.25, 0.3) is 0 Å². The molecule has 0 aromatic heterocycles. The molecule has 1 atom stereocenters. The first-order valence-electron chi connectivity index (χ1n) is 3.34. The van der Waals surface area contributed by atoms with Gasteiger partial charge in [-0.15, -0.1) is 0 Å². The fourth-order valence-electron chi connectivity index (χ4n) is 0.609. The second-order valence-electron chi connectivity index (χ2n) is 2.19. The molecule has 0 amide bonds. The van der Waals surface area contributed by atoms with E-state index in [0.717, 1.165) is 3.97 Å². The molecule has 0 aliphatic heterocycles. The standard InChI is InChI=1S/C7H16Te/c1-4-5-6-7(2)8-3/h7H,4-6H2,1-3H3. The Morgan fingerprint density at radius 1 is 1.50 bits per heavy atom. The van der Waals surface area contributed by atoms with Crippen LogP contribution in [0.4, 0.5) is 0 Å². The molecule has 0 radical (unpaired) electrons. The van der Waals surface area contributed by atoms with Crippen LogP contribution in [0, 0.1) is 0 Å². The zero-order valence-corrected chi connectivity index (χ0v) is 8.44. The summed E-state index contributed by atoms with van der Waals surface area (Å²) in [6.45, 7) is 4.65. The normalized spacial score (nSPS) is 13.9. The van der Waals surface area contributed by atoms with Gasteiger partial charge < -0.3 is 0 Å². The Bertz CT molecular complexity index is 43.7. The van der Waals surface area contributed by atoms with Gasteiger partial charge in [0.1, 0.15) is 0 Å². The maximum atomic E-state index is 2.39. The fraction of sp³-hybridized carbons (Fsp3) is 1.00. The molecule has 0 rings (SSSR count). The average Bonchev–Trinajstić information content (AvgIpc) is 1.83. The Morgan fingerprint density at radius 2 is 2.12 bits per heavy atom. The first-order chi connectivity index (χ1) is 3.81. The third-order valence-corrected chi connectivity index (χ3v) is 4.34. The van der Waals surface area contributed by atoms with Crippen molar-refractivity contribution in [2.45, 2.75) is 42.0 Å². The van der Waals surface area contributed by atoms with E-state index in [0.29, 0.717) is 20.9 Å². The van der Waals surface area contributed by atoms with Crippen molar-refractivity contribution in [2.24, 2.45) is 0 Å². The van der Waals surface area contributed by atoms with E-state index in [9.17, 15) is 0 Å². The van der Waals surface area contributed by atoms with E-state index in [4.69, 9.17) is 0 Å². The molecule has 0 aliphatic rings. The SMILES string of the molecule is CCCCC(C)[Te]C.